The van der Waals surface area contributed by atoms with E-state index >= 15 is 0 Å². The zero-order chi connectivity index (χ0) is 9.56. The second-order valence-electron chi connectivity index (χ2n) is 3.73. The van der Waals surface area contributed by atoms with Crippen molar-refractivity contribution in [2.24, 2.45) is 0 Å². The number of rotatable bonds is 6. The maximum absolute atomic E-state index is 2.33. The van der Waals surface area contributed by atoms with Gasteiger partial charge in [0.25, 0.3) is 0 Å². The number of hydrogen-bond donors (Lipinski definition) is 0. The van der Waals surface area contributed by atoms with Gasteiger partial charge in [0, 0.05) is 6.04 Å². The minimum Gasteiger partial charge on any atom is -0.306 e. The highest BCUT2D eigenvalue weighted by molar-refractivity contribution is 7.99. The van der Waals surface area contributed by atoms with E-state index in [9.17, 15) is 0 Å². The molecule has 0 aromatic carbocycles. The maximum atomic E-state index is 2.33. The SMILES string of the molecule is CCC(CCSC(C)C)N(C)C. The molecule has 0 rings (SSSR count). The van der Waals surface area contributed by atoms with Crippen molar-refractivity contribution in [3.63, 3.8) is 0 Å². The first-order valence-corrected chi connectivity index (χ1v) is 5.90. The van der Waals surface area contributed by atoms with Crippen molar-refractivity contribution in [2.75, 3.05) is 19.8 Å². The third-order valence-electron chi connectivity index (χ3n) is 2.10. The zero-order valence-corrected chi connectivity index (χ0v) is 9.95. The van der Waals surface area contributed by atoms with Crippen LogP contribution in [-0.2, 0) is 0 Å². The van der Waals surface area contributed by atoms with E-state index in [1.54, 1.807) is 0 Å². The van der Waals surface area contributed by atoms with Crippen LogP contribution < -0.4 is 0 Å². The molecule has 74 valence electrons. The van der Waals surface area contributed by atoms with Crippen molar-refractivity contribution in [1.29, 1.82) is 0 Å². The summed E-state index contributed by atoms with van der Waals surface area (Å²) < 4.78 is 0. The fraction of sp³-hybridized carbons (Fsp3) is 1.00. The van der Waals surface area contributed by atoms with Gasteiger partial charge in [-0.15, -0.1) is 0 Å². The Labute approximate surface area is 81.9 Å². The summed E-state index contributed by atoms with van der Waals surface area (Å²) in [6, 6.07) is 0.774. The highest BCUT2D eigenvalue weighted by Gasteiger charge is 2.08. The van der Waals surface area contributed by atoms with Crippen LogP contribution in [-0.4, -0.2) is 36.0 Å². The molecule has 0 aromatic heterocycles. The Bertz CT molecular complexity index is 102. The lowest BCUT2D eigenvalue weighted by atomic mass is 10.1. The Morgan fingerprint density at radius 1 is 1.25 bits per heavy atom. The van der Waals surface area contributed by atoms with Crippen LogP contribution in [0.25, 0.3) is 0 Å². The van der Waals surface area contributed by atoms with Crippen LogP contribution >= 0.6 is 11.8 Å². The molecule has 2 heteroatoms. The quantitative estimate of drug-likeness (QED) is 0.632. The fourth-order valence-electron chi connectivity index (χ4n) is 1.27. The summed E-state index contributed by atoms with van der Waals surface area (Å²) >= 11 is 2.07. The molecule has 0 amide bonds. The van der Waals surface area contributed by atoms with Gasteiger partial charge in [0.1, 0.15) is 0 Å². The molecule has 0 radical (unpaired) electrons. The van der Waals surface area contributed by atoms with Crippen molar-refractivity contribution in [2.45, 2.75) is 44.9 Å². The molecule has 0 fully saturated rings. The van der Waals surface area contributed by atoms with Crippen molar-refractivity contribution >= 4 is 11.8 Å². The predicted octanol–water partition coefficient (Wildman–Crippen LogP) is 2.86. The molecule has 0 saturated carbocycles. The van der Waals surface area contributed by atoms with Crippen LogP contribution in [0.1, 0.15) is 33.6 Å². The van der Waals surface area contributed by atoms with Gasteiger partial charge in [-0.3, -0.25) is 0 Å². The van der Waals surface area contributed by atoms with Crippen molar-refractivity contribution in [1.82, 2.24) is 4.90 Å². The highest BCUT2D eigenvalue weighted by Crippen LogP contribution is 2.14. The Kier molecular flexibility index (Phi) is 6.96. The molecule has 1 nitrogen and oxygen atoms in total. The molecule has 12 heavy (non-hydrogen) atoms. The van der Waals surface area contributed by atoms with Crippen LogP contribution in [0, 0.1) is 0 Å². The summed E-state index contributed by atoms with van der Waals surface area (Å²) in [4.78, 5) is 2.33. The summed E-state index contributed by atoms with van der Waals surface area (Å²) in [7, 11) is 4.35. The molecule has 0 aromatic rings. The average Bonchev–Trinajstić information content (AvgIpc) is 1.96. The molecule has 0 aliphatic heterocycles. The van der Waals surface area contributed by atoms with Crippen LogP contribution in [0.4, 0.5) is 0 Å². The monoisotopic (exact) mass is 189 g/mol. The predicted molar refractivity (Wildman–Crippen MR) is 60.0 cm³/mol. The maximum Gasteiger partial charge on any atom is 0.00943 e. The lowest BCUT2D eigenvalue weighted by Gasteiger charge is -2.22. The van der Waals surface area contributed by atoms with E-state index in [1.165, 1.54) is 18.6 Å². The summed E-state index contributed by atoms with van der Waals surface area (Å²) in [6.45, 7) is 6.80. The smallest absolute Gasteiger partial charge is 0.00943 e. The Balaban J connectivity index is 3.45. The first-order chi connectivity index (χ1) is 5.57. The molecule has 0 aliphatic carbocycles. The number of thioether (sulfide) groups is 1. The first kappa shape index (κ1) is 12.3. The molecule has 0 bridgehead atoms. The van der Waals surface area contributed by atoms with E-state index in [1.807, 2.05) is 0 Å². The van der Waals surface area contributed by atoms with Gasteiger partial charge in [-0.1, -0.05) is 20.8 Å². The Hall–Kier alpha value is 0.310. The molecule has 1 atom stereocenters. The molecule has 0 spiro atoms. The molecule has 0 aliphatic rings. The van der Waals surface area contributed by atoms with Gasteiger partial charge >= 0.3 is 0 Å². The lowest BCUT2D eigenvalue weighted by molar-refractivity contribution is 0.280. The van der Waals surface area contributed by atoms with E-state index in [0.29, 0.717) is 0 Å². The summed E-state index contributed by atoms with van der Waals surface area (Å²) in [5.41, 5.74) is 0. The van der Waals surface area contributed by atoms with Gasteiger partial charge < -0.3 is 4.90 Å². The van der Waals surface area contributed by atoms with Crippen molar-refractivity contribution in [3.8, 4) is 0 Å². The fourth-order valence-corrected chi connectivity index (χ4v) is 2.15. The Morgan fingerprint density at radius 3 is 2.17 bits per heavy atom. The topological polar surface area (TPSA) is 3.24 Å². The second-order valence-corrected chi connectivity index (χ2v) is 5.42. The Morgan fingerprint density at radius 2 is 1.83 bits per heavy atom. The first-order valence-electron chi connectivity index (χ1n) is 4.86. The van der Waals surface area contributed by atoms with Gasteiger partial charge in [0.2, 0.25) is 0 Å². The van der Waals surface area contributed by atoms with E-state index in [-0.39, 0.29) is 0 Å². The largest absolute Gasteiger partial charge is 0.306 e. The molecular formula is C10H23NS. The van der Waals surface area contributed by atoms with Crippen molar-refractivity contribution < 1.29 is 0 Å². The van der Waals surface area contributed by atoms with Gasteiger partial charge in [-0.2, -0.15) is 11.8 Å². The molecule has 0 N–H and O–H groups in total. The third kappa shape index (κ3) is 5.90. The highest BCUT2D eigenvalue weighted by atomic mass is 32.2. The van der Waals surface area contributed by atoms with Gasteiger partial charge in [-0.05, 0) is 37.9 Å². The summed E-state index contributed by atoms with van der Waals surface area (Å²) in [6.07, 6.45) is 2.60. The number of hydrogen-bond acceptors (Lipinski definition) is 2. The minimum absolute atomic E-state index is 0.774. The zero-order valence-electron chi connectivity index (χ0n) is 9.13. The van der Waals surface area contributed by atoms with Gasteiger partial charge in [0.05, 0.1) is 0 Å². The molecule has 1 unspecified atom stereocenters. The normalized spacial score (nSPS) is 14.2. The van der Waals surface area contributed by atoms with E-state index < -0.39 is 0 Å². The van der Waals surface area contributed by atoms with E-state index in [0.717, 1.165) is 11.3 Å². The van der Waals surface area contributed by atoms with Crippen LogP contribution in [0.5, 0.6) is 0 Å². The minimum atomic E-state index is 0.774. The molecule has 0 saturated heterocycles. The van der Waals surface area contributed by atoms with Crippen LogP contribution in [0.3, 0.4) is 0 Å². The molecule has 0 heterocycles. The average molecular weight is 189 g/mol. The van der Waals surface area contributed by atoms with Gasteiger partial charge in [-0.25, -0.2) is 0 Å². The van der Waals surface area contributed by atoms with Crippen LogP contribution in [0.15, 0.2) is 0 Å². The standard InChI is InChI=1S/C10H23NS/c1-6-10(11(4)5)7-8-12-9(2)3/h9-10H,6-8H2,1-5H3. The third-order valence-corrected chi connectivity index (χ3v) is 3.24. The molecular weight excluding hydrogens is 166 g/mol. The van der Waals surface area contributed by atoms with E-state index in [4.69, 9.17) is 0 Å². The van der Waals surface area contributed by atoms with Crippen molar-refractivity contribution in [3.05, 3.63) is 0 Å². The van der Waals surface area contributed by atoms with Crippen LogP contribution in [0.2, 0.25) is 0 Å². The van der Waals surface area contributed by atoms with E-state index in [2.05, 4.69) is 51.5 Å². The second kappa shape index (κ2) is 6.79. The number of nitrogens with zero attached hydrogens (tertiary/aromatic N) is 1. The summed E-state index contributed by atoms with van der Waals surface area (Å²) in [5, 5.41) is 0.782. The lowest BCUT2D eigenvalue weighted by Crippen LogP contribution is -2.27. The summed E-state index contributed by atoms with van der Waals surface area (Å²) in [5.74, 6) is 1.30. The van der Waals surface area contributed by atoms with Gasteiger partial charge in [0.15, 0.2) is 0 Å².